The van der Waals surface area contributed by atoms with Gasteiger partial charge < -0.3 is 10.2 Å². The number of anilines is 1. The Balaban J connectivity index is 3.15. The molecule has 0 unspecified atom stereocenters. The predicted octanol–water partition coefficient (Wildman–Crippen LogP) is 3.29. The molecule has 6 nitrogen and oxygen atoms in total. The molecule has 0 saturated carbocycles. The van der Waals surface area contributed by atoms with Crippen LogP contribution in [0.15, 0.2) is 18.2 Å². The SMILES string of the molecule is CCCN(C(=O)c1ccc([N+](=O)[O-])c(NCC)c1)C(C)C. The molecule has 0 spiro atoms. The summed E-state index contributed by atoms with van der Waals surface area (Å²) in [5, 5.41) is 13.9. The standard InChI is InChI=1S/C15H23N3O3/c1-5-9-17(11(3)4)15(19)12-7-8-14(18(20)21)13(10-12)16-6-2/h7-8,10-11,16H,5-6,9H2,1-4H3. The molecule has 1 aromatic carbocycles. The first-order chi connectivity index (χ1) is 9.92. The van der Waals surface area contributed by atoms with Crippen LogP contribution in [0.25, 0.3) is 0 Å². The number of hydrogen-bond acceptors (Lipinski definition) is 4. The van der Waals surface area contributed by atoms with Gasteiger partial charge in [-0.1, -0.05) is 6.92 Å². The predicted molar refractivity (Wildman–Crippen MR) is 83.7 cm³/mol. The average Bonchev–Trinajstić information content (AvgIpc) is 2.43. The minimum absolute atomic E-state index is 0.0139. The summed E-state index contributed by atoms with van der Waals surface area (Å²) in [6.07, 6.45) is 0.872. The second kappa shape index (κ2) is 7.61. The number of carbonyl (C=O) groups excluding carboxylic acids is 1. The summed E-state index contributed by atoms with van der Waals surface area (Å²) in [7, 11) is 0. The van der Waals surface area contributed by atoms with E-state index in [2.05, 4.69) is 5.32 Å². The first kappa shape index (κ1) is 16.9. The molecule has 116 valence electrons. The summed E-state index contributed by atoms with van der Waals surface area (Å²) in [6, 6.07) is 4.56. The van der Waals surface area contributed by atoms with E-state index in [4.69, 9.17) is 0 Å². The molecule has 1 rings (SSSR count). The summed E-state index contributed by atoms with van der Waals surface area (Å²) in [5.74, 6) is -0.0964. The van der Waals surface area contributed by atoms with E-state index < -0.39 is 4.92 Å². The highest BCUT2D eigenvalue weighted by Crippen LogP contribution is 2.26. The first-order valence-electron chi connectivity index (χ1n) is 7.25. The van der Waals surface area contributed by atoms with Crippen LogP contribution in [-0.2, 0) is 0 Å². The third kappa shape index (κ3) is 4.18. The van der Waals surface area contributed by atoms with Gasteiger partial charge in [0.2, 0.25) is 0 Å². The molecule has 6 heteroatoms. The fraction of sp³-hybridized carbons (Fsp3) is 0.533. The fourth-order valence-corrected chi connectivity index (χ4v) is 2.16. The Morgan fingerprint density at radius 2 is 2.05 bits per heavy atom. The van der Waals surface area contributed by atoms with Crippen LogP contribution in [0.5, 0.6) is 0 Å². The van der Waals surface area contributed by atoms with E-state index in [1.165, 1.54) is 12.1 Å². The molecule has 0 radical (unpaired) electrons. The Hall–Kier alpha value is -2.11. The zero-order valence-corrected chi connectivity index (χ0v) is 13.0. The fourth-order valence-electron chi connectivity index (χ4n) is 2.16. The van der Waals surface area contributed by atoms with E-state index in [9.17, 15) is 14.9 Å². The quantitative estimate of drug-likeness (QED) is 0.618. The van der Waals surface area contributed by atoms with Gasteiger partial charge in [-0.05, 0) is 39.3 Å². The molecule has 1 aromatic rings. The van der Waals surface area contributed by atoms with Crippen LogP contribution in [0.3, 0.4) is 0 Å². The van der Waals surface area contributed by atoms with Gasteiger partial charge in [-0.2, -0.15) is 0 Å². The molecule has 1 amide bonds. The van der Waals surface area contributed by atoms with Crippen LogP contribution >= 0.6 is 0 Å². The van der Waals surface area contributed by atoms with Gasteiger partial charge in [-0.15, -0.1) is 0 Å². The Kier molecular flexibility index (Phi) is 6.14. The van der Waals surface area contributed by atoms with Crippen LogP contribution in [0.2, 0.25) is 0 Å². The monoisotopic (exact) mass is 293 g/mol. The highest BCUT2D eigenvalue weighted by atomic mass is 16.6. The maximum absolute atomic E-state index is 12.5. The Bertz CT molecular complexity index is 515. The molecule has 0 saturated heterocycles. The van der Waals surface area contributed by atoms with Crippen LogP contribution in [0.1, 0.15) is 44.5 Å². The maximum Gasteiger partial charge on any atom is 0.292 e. The third-order valence-electron chi connectivity index (χ3n) is 3.16. The normalized spacial score (nSPS) is 10.5. The molecule has 21 heavy (non-hydrogen) atoms. The molecule has 1 N–H and O–H groups in total. The van der Waals surface area contributed by atoms with Crippen molar-refractivity contribution in [3.05, 3.63) is 33.9 Å². The molecule has 0 aliphatic heterocycles. The van der Waals surface area contributed by atoms with E-state index in [0.717, 1.165) is 6.42 Å². The molecule has 0 aliphatic carbocycles. The minimum Gasteiger partial charge on any atom is -0.380 e. The number of benzene rings is 1. The van der Waals surface area contributed by atoms with Crippen molar-refractivity contribution < 1.29 is 9.72 Å². The van der Waals surface area contributed by atoms with Gasteiger partial charge in [0.15, 0.2) is 0 Å². The summed E-state index contributed by atoms with van der Waals surface area (Å²) in [5.41, 5.74) is 0.840. The van der Waals surface area contributed by atoms with Crippen LogP contribution in [0.4, 0.5) is 11.4 Å². The summed E-state index contributed by atoms with van der Waals surface area (Å²) >= 11 is 0. The van der Waals surface area contributed by atoms with Crippen molar-refractivity contribution in [2.45, 2.75) is 40.2 Å². The van der Waals surface area contributed by atoms with Crippen molar-refractivity contribution in [2.24, 2.45) is 0 Å². The van der Waals surface area contributed by atoms with Gasteiger partial charge in [0.25, 0.3) is 11.6 Å². The Morgan fingerprint density at radius 3 is 2.52 bits per heavy atom. The van der Waals surface area contributed by atoms with E-state index in [1.54, 1.807) is 11.0 Å². The maximum atomic E-state index is 12.5. The number of nitro groups is 1. The lowest BCUT2D eigenvalue weighted by Gasteiger charge is -2.26. The summed E-state index contributed by atoms with van der Waals surface area (Å²) in [4.78, 5) is 24.9. The van der Waals surface area contributed by atoms with Crippen molar-refractivity contribution in [1.29, 1.82) is 0 Å². The van der Waals surface area contributed by atoms with Gasteiger partial charge in [0, 0.05) is 30.8 Å². The van der Waals surface area contributed by atoms with Crippen molar-refractivity contribution in [2.75, 3.05) is 18.4 Å². The number of rotatable bonds is 7. The van der Waals surface area contributed by atoms with E-state index in [0.29, 0.717) is 24.3 Å². The number of carbonyl (C=O) groups is 1. The lowest BCUT2D eigenvalue weighted by atomic mass is 10.1. The van der Waals surface area contributed by atoms with Crippen LogP contribution in [0, 0.1) is 10.1 Å². The van der Waals surface area contributed by atoms with Gasteiger partial charge in [0.05, 0.1) is 4.92 Å². The Labute approximate surface area is 125 Å². The van der Waals surface area contributed by atoms with Crippen molar-refractivity contribution in [1.82, 2.24) is 4.90 Å². The van der Waals surface area contributed by atoms with Crippen molar-refractivity contribution >= 4 is 17.3 Å². The van der Waals surface area contributed by atoms with E-state index in [1.807, 2.05) is 27.7 Å². The molecule has 0 aliphatic rings. The first-order valence-corrected chi connectivity index (χ1v) is 7.25. The van der Waals surface area contributed by atoms with Crippen molar-refractivity contribution in [3.63, 3.8) is 0 Å². The minimum atomic E-state index is -0.446. The van der Waals surface area contributed by atoms with Gasteiger partial charge in [-0.3, -0.25) is 14.9 Å². The smallest absolute Gasteiger partial charge is 0.292 e. The number of nitro benzene ring substituents is 1. The third-order valence-corrected chi connectivity index (χ3v) is 3.16. The lowest BCUT2D eigenvalue weighted by Crippen LogP contribution is -2.37. The molecule has 0 atom stereocenters. The second-order valence-electron chi connectivity index (χ2n) is 5.11. The Morgan fingerprint density at radius 1 is 1.38 bits per heavy atom. The molecule has 0 fully saturated rings. The van der Waals surface area contributed by atoms with Gasteiger partial charge in [-0.25, -0.2) is 0 Å². The molecule has 0 bridgehead atoms. The molecular weight excluding hydrogens is 270 g/mol. The number of hydrogen-bond donors (Lipinski definition) is 1. The van der Waals surface area contributed by atoms with E-state index in [-0.39, 0.29) is 17.6 Å². The van der Waals surface area contributed by atoms with Gasteiger partial charge >= 0.3 is 0 Å². The lowest BCUT2D eigenvalue weighted by molar-refractivity contribution is -0.384. The van der Waals surface area contributed by atoms with Crippen LogP contribution < -0.4 is 5.32 Å². The van der Waals surface area contributed by atoms with Crippen molar-refractivity contribution in [3.8, 4) is 0 Å². The number of nitrogens with one attached hydrogen (secondary N) is 1. The average molecular weight is 293 g/mol. The largest absolute Gasteiger partial charge is 0.380 e. The summed E-state index contributed by atoms with van der Waals surface area (Å²) in [6.45, 7) is 9.03. The molecule has 0 heterocycles. The number of amides is 1. The second-order valence-corrected chi connectivity index (χ2v) is 5.11. The molecule has 0 aromatic heterocycles. The topological polar surface area (TPSA) is 75.5 Å². The van der Waals surface area contributed by atoms with E-state index >= 15 is 0 Å². The van der Waals surface area contributed by atoms with Gasteiger partial charge in [0.1, 0.15) is 5.69 Å². The number of nitrogens with zero attached hydrogens (tertiary/aromatic N) is 2. The highest BCUT2D eigenvalue weighted by Gasteiger charge is 2.21. The molecular formula is C15H23N3O3. The highest BCUT2D eigenvalue weighted by molar-refractivity contribution is 5.96. The zero-order valence-electron chi connectivity index (χ0n) is 13.0. The zero-order chi connectivity index (χ0) is 16.0. The van der Waals surface area contributed by atoms with Crippen LogP contribution in [-0.4, -0.2) is 34.9 Å². The summed E-state index contributed by atoms with van der Waals surface area (Å²) < 4.78 is 0.